The van der Waals surface area contributed by atoms with Crippen LogP contribution in [0.1, 0.15) is 6.42 Å². The Labute approximate surface area is 123 Å². The van der Waals surface area contributed by atoms with Crippen LogP contribution < -0.4 is 14.8 Å². The maximum atomic E-state index is 12.0. The largest absolute Gasteiger partial charge is 0.485 e. The molecule has 2 unspecified atom stereocenters. The van der Waals surface area contributed by atoms with Crippen LogP contribution in [0.5, 0.6) is 11.5 Å². The second kappa shape index (κ2) is 7.36. The molecule has 6 heteroatoms. The molecular formula is C14H18ClNO4. The van der Waals surface area contributed by atoms with E-state index in [1.165, 1.54) is 0 Å². The maximum absolute atomic E-state index is 12.0. The van der Waals surface area contributed by atoms with E-state index in [9.17, 15) is 4.79 Å². The van der Waals surface area contributed by atoms with Crippen molar-refractivity contribution in [1.29, 1.82) is 0 Å². The summed E-state index contributed by atoms with van der Waals surface area (Å²) in [7, 11) is 1.60. The minimum absolute atomic E-state index is 0.107. The van der Waals surface area contributed by atoms with E-state index in [0.29, 0.717) is 31.1 Å². The summed E-state index contributed by atoms with van der Waals surface area (Å²) in [6, 6.07) is 7.29. The van der Waals surface area contributed by atoms with Gasteiger partial charge in [0.05, 0.1) is 12.0 Å². The second-order valence-corrected chi connectivity index (χ2v) is 5.11. The van der Waals surface area contributed by atoms with Gasteiger partial charge in [0.1, 0.15) is 6.61 Å². The van der Waals surface area contributed by atoms with E-state index >= 15 is 0 Å². The summed E-state index contributed by atoms with van der Waals surface area (Å²) >= 11 is 5.98. The number of hydrogen-bond acceptors (Lipinski definition) is 4. The molecule has 0 bridgehead atoms. The lowest BCUT2D eigenvalue weighted by molar-refractivity contribution is -0.130. The predicted octanol–water partition coefficient (Wildman–Crippen LogP) is 1.59. The van der Waals surface area contributed by atoms with Crippen molar-refractivity contribution in [3.63, 3.8) is 0 Å². The number of carbonyl (C=O) groups is 1. The molecule has 1 aromatic carbocycles. The summed E-state index contributed by atoms with van der Waals surface area (Å²) in [6.45, 7) is 1.16. The minimum Gasteiger partial charge on any atom is -0.485 e. The van der Waals surface area contributed by atoms with E-state index in [1.807, 2.05) is 18.2 Å². The van der Waals surface area contributed by atoms with E-state index < -0.39 is 6.10 Å². The van der Waals surface area contributed by atoms with Crippen molar-refractivity contribution in [2.45, 2.75) is 17.9 Å². The summed E-state index contributed by atoms with van der Waals surface area (Å²) in [6.07, 6.45) is 0.0202. The monoisotopic (exact) mass is 299 g/mol. The average molecular weight is 300 g/mol. The number of halogens is 1. The number of amides is 1. The third-order valence-electron chi connectivity index (χ3n) is 2.91. The van der Waals surface area contributed by atoms with Crippen LogP contribution in [0.3, 0.4) is 0 Å². The zero-order valence-corrected chi connectivity index (χ0v) is 12.1. The molecule has 110 valence electrons. The molecule has 2 atom stereocenters. The van der Waals surface area contributed by atoms with Gasteiger partial charge in [-0.05, 0) is 18.6 Å². The molecule has 0 aromatic heterocycles. The van der Waals surface area contributed by atoms with Gasteiger partial charge in [-0.2, -0.15) is 0 Å². The molecule has 5 nitrogen and oxygen atoms in total. The SMILES string of the molecule is COCC(Cl)CCNC(=O)C1COc2ccccc2O1. The Morgan fingerprint density at radius 1 is 1.50 bits per heavy atom. The summed E-state index contributed by atoms with van der Waals surface area (Å²) in [5.74, 6) is 1.06. The lowest BCUT2D eigenvalue weighted by atomic mass is 10.2. The summed E-state index contributed by atoms with van der Waals surface area (Å²) in [5.41, 5.74) is 0. The molecule has 1 aliphatic rings. The van der Waals surface area contributed by atoms with Crippen molar-refractivity contribution < 1.29 is 19.0 Å². The Bertz CT molecular complexity index is 455. The van der Waals surface area contributed by atoms with Crippen LogP contribution in [0.15, 0.2) is 24.3 Å². The van der Waals surface area contributed by atoms with Crippen molar-refractivity contribution in [3.8, 4) is 11.5 Å². The Kier molecular flexibility index (Phi) is 5.49. The molecule has 1 aromatic rings. The van der Waals surface area contributed by atoms with Crippen LogP contribution in [0.25, 0.3) is 0 Å². The number of nitrogens with one attached hydrogen (secondary N) is 1. The van der Waals surface area contributed by atoms with Gasteiger partial charge in [0.15, 0.2) is 11.5 Å². The van der Waals surface area contributed by atoms with E-state index in [-0.39, 0.29) is 17.9 Å². The summed E-state index contributed by atoms with van der Waals surface area (Å²) in [4.78, 5) is 12.0. The first-order chi connectivity index (χ1) is 9.70. The standard InChI is InChI=1S/C14H18ClNO4/c1-18-8-10(15)6-7-16-14(17)13-9-19-11-4-2-3-5-12(11)20-13/h2-5,10,13H,6-9H2,1H3,(H,16,17). The van der Waals surface area contributed by atoms with Crippen LogP contribution in [0, 0.1) is 0 Å². The van der Waals surface area contributed by atoms with Gasteiger partial charge in [-0.1, -0.05) is 12.1 Å². The first-order valence-corrected chi connectivity index (χ1v) is 6.93. The van der Waals surface area contributed by atoms with Crippen molar-refractivity contribution in [1.82, 2.24) is 5.32 Å². The molecule has 1 amide bonds. The quantitative estimate of drug-likeness (QED) is 0.811. The highest BCUT2D eigenvalue weighted by Gasteiger charge is 2.26. The molecule has 0 fully saturated rings. The molecule has 0 aliphatic carbocycles. The average Bonchev–Trinajstić information content (AvgIpc) is 2.47. The van der Waals surface area contributed by atoms with Crippen molar-refractivity contribution in [2.75, 3.05) is 26.9 Å². The highest BCUT2D eigenvalue weighted by atomic mass is 35.5. The molecule has 1 aliphatic heterocycles. The highest BCUT2D eigenvalue weighted by Crippen LogP contribution is 2.30. The smallest absolute Gasteiger partial charge is 0.264 e. The van der Waals surface area contributed by atoms with Gasteiger partial charge in [0.25, 0.3) is 5.91 Å². The van der Waals surface area contributed by atoms with E-state index in [1.54, 1.807) is 13.2 Å². The number of carbonyl (C=O) groups excluding carboxylic acids is 1. The van der Waals surface area contributed by atoms with Gasteiger partial charge in [0, 0.05) is 13.7 Å². The lowest BCUT2D eigenvalue weighted by Crippen LogP contribution is -2.44. The minimum atomic E-state index is -0.624. The van der Waals surface area contributed by atoms with Crippen molar-refractivity contribution in [3.05, 3.63) is 24.3 Å². The first kappa shape index (κ1) is 14.9. The van der Waals surface area contributed by atoms with Crippen LogP contribution in [0.2, 0.25) is 0 Å². The Hall–Kier alpha value is -1.46. The molecule has 1 heterocycles. The predicted molar refractivity (Wildman–Crippen MR) is 75.5 cm³/mol. The maximum Gasteiger partial charge on any atom is 0.264 e. The number of ether oxygens (including phenoxy) is 3. The number of alkyl halides is 1. The molecule has 0 spiro atoms. The van der Waals surface area contributed by atoms with Gasteiger partial charge in [-0.25, -0.2) is 0 Å². The van der Waals surface area contributed by atoms with Crippen LogP contribution in [-0.4, -0.2) is 44.3 Å². The number of rotatable bonds is 6. The fourth-order valence-electron chi connectivity index (χ4n) is 1.88. The Balaban J connectivity index is 1.77. The zero-order valence-electron chi connectivity index (χ0n) is 11.3. The molecule has 0 radical (unpaired) electrons. The number of methoxy groups -OCH3 is 1. The van der Waals surface area contributed by atoms with Crippen molar-refractivity contribution >= 4 is 17.5 Å². The van der Waals surface area contributed by atoms with Crippen LogP contribution in [0.4, 0.5) is 0 Å². The number of hydrogen-bond donors (Lipinski definition) is 1. The molecule has 1 N–H and O–H groups in total. The number of benzene rings is 1. The zero-order chi connectivity index (χ0) is 14.4. The molecule has 0 saturated heterocycles. The first-order valence-electron chi connectivity index (χ1n) is 6.50. The summed E-state index contributed by atoms with van der Waals surface area (Å²) < 4.78 is 16.0. The normalized spacial score (nSPS) is 18.4. The van der Waals surface area contributed by atoms with E-state index in [2.05, 4.69) is 5.32 Å². The highest BCUT2D eigenvalue weighted by molar-refractivity contribution is 6.20. The van der Waals surface area contributed by atoms with E-state index in [4.69, 9.17) is 25.8 Å². The fourth-order valence-corrected chi connectivity index (χ4v) is 2.11. The molecule has 0 saturated carbocycles. The van der Waals surface area contributed by atoms with Crippen LogP contribution in [-0.2, 0) is 9.53 Å². The van der Waals surface area contributed by atoms with Gasteiger partial charge in [0.2, 0.25) is 6.10 Å². The van der Waals surface area contributed by atoms with Gasteiger partial charge < -0.3 is 19.5 Å². The van der Waals surface area contributed by atoms with Crippen LogP contribution >= 0.6 is 11.6 Å². The molecular weight excluding hydrogens is 282 g/mol. The Morgan fingerprint density at radius 2 is 2.25 bits per heavy atom. The third kappa shape index (κ3) is 4.02. The number of para-hydroxylation sites is 2. The second-order valence-electron chi connectivity index (χ2n) is 4.50. The van der Waals surface area contributed by atoms with E-state index in [0.717, 1.165) is 0 Å². The van der Waals surface area contributed by atoms with Crippen molar-refractivity contribution in [2.24, 2.45) is 0 Å². The fraction of sp³-hybridized carbons (Fsp3) is 0.500. The van der Waals surface area contributed by atoms with Gasteiger partial charge in [-0.3, -0.25) is 4.79 Å². The summed E-state index contributed by atoms with van der Waals surface area (Å²) in [5, 5.41) is 2.68. The van der Waals surface area contributed by atoms with Gasteiger partial charge >= 0.3 is 0 Å². The molecule has 2 rings (SSSR count). The lowest BCUT2D eigenvalue weighted by Gasteiger charge is -2.25. The van der Waals surface area contributed by atoms with Gasteiger partial charge in [-0.15, -0.1) is 11.6 Å². The third-order valence-corrected chi connectivity index (χ3v) is 3.25. The molecule has 20 heavy (non-hydrogen) atoms. The Morgan fingerprint density at radius 3 is 3.00 bits per heavy atom. The number of fused-ring (bicyclic) bond motifs is 1. The topological polar surface area (TPSA) is 56.8 Å².